The average molecular weight is 301 g/mol. The highest BCUT2D eigenvalue weighted by Crippen LogP contribution is 2.27. The van der Waals surface area contributed by atoms with Crippen LogP contribution >= 0.6 is 23.4 Å². The molecule has 1 saturated carbocycles. The van der Waals surface area contributed by atoms with Gasteiger partial charge in [0.15, 0.2) is 0 Å². The second-order valence-electron chi connectivity index (χ2n) is 4.66. The predicted octanol–water partition coefficient (Wildman–Crippen LogP) is 2.31. The number of nitrogens with two attached hydrogens (primary N) is 1. The Labute approximate surface area is 121 Å². The summed E-state index contributed by atoms with van der Waals surface area (Å²) in [5.74, 6) is 0.302. The van der Waals surface area contributed by atoms with Gasteiger partial charge in [-0.15, -0.1) is 11.8 Å². The molecule has 0 bridgehead atoms. The summed E-state index contributed by atoms with van der Waals surface area (Å²) in [4.78, 5) is 19.8. The fourth-order valence-corrected chi connectivity index (χ4v) is 3.07. The molecule has 1 fully saturated rings. The van der Waals surface area contributed by atoms with Crippen LogP contribution in [0, 0.1) is 5.92 Å². The smallest absolute Gasteiger partial charge is 0.224 e. The van der Waals surface area contributed by atoms with E-state index in [-0.39, 0.29) is 17.9 Å². The maximum absolute atomic E-state index is 11.2. The lowest BCUT2D eigenvalue weighted by atomic mass is 9.85. The van der Waals surface area contributed by atoms with E-state index in [1.54, 1.807) is 6.20 Å². The molecule has 1 aliphatic carbocycles. The van der Waals surface area contributed by atoms with E-state index >= 15 is 0 Å². The number of primary amides is 1. The molecule has 104 valence electrons. The Kier molecular flexibility index (Phi) is 4.87. The second-order valence-corrected chi connectivity index (χ2v) is 5.86. The van der Waals surface area contributed by atoms with Crippen LogP contribution in [0.1, 0.15) is 25.7 Å². The van der Waals surface area contributed by atoms with Gasteiger partial charge in [-0.2, -0.15) is 0 Å². The first-order valence-electron chi connectivity index (χ1n) is 6.22. The van der Waals surface area contributed by atoms with Crippen molar-refractivity contribution in [2.24, 2.45) is 11.7 Å². The van der Waals surface area contributed by atoms with Gasteiger partial charge in [0.25, 0.3) is 0 Å². The minimum absolute atomic E-state index is 0.0430. The third-order valence-corrected chi connectivity index (χ3v) is 4.40. The number of amides is 1. The highest BCUT2D eigenvalue weighted by molar-refractivity contribution is 7.98. The van der Waals surface area contributed by atoms with Gasteiger partial charge in [-0.3, -0.25) is 4.79 Å². The molecule has 2 rings (SSSR count). The van der Waals surface area contributed by atoms with Crippen molar-refractivity contribution >= 4 is 35.2 Å². The van der Waals surface area contributed by atoms with E-state index in [0.717, 1.165) is 30.7 Å². The monoisotopic (exact) mass is 300 g/mol. The molecule has 7 heteroatoms. The van der Waals surface area contributed by atoms with Gasteiger partial charge in [-0.05, 0) is 25.5 Å². The van der Waals surface area contributed by atoms with Gasteiger partial charge in [0.05, 0.1) is 11.2 Å². The Morgan fingerprint density at radius 3 is 3.05 bits per heavy atom. The van der Waals surface area contributed by atoms with Crippen molar-refractivity contribution in [3.63, 3.8) is 0 Å². The predicted molar refractivity (Wildman–Crippen MR) is 77.4 cm³/mol. The molecule has 0 spiro atoms. The molecule has 1 heterocycles. The zero-order chi connectivity index (χ0) is 13.8. The van der Waals surface area contributed by atoms with Crippen molar-refractivity contribution in [2.75, 3.05) is 11.6 Å². The van der Waals surface area contributed by atoms with Gasteiger partial charge in [0.1, 0.15) is 5.03 Å². The summed E-state index contributed by atoms with van der Waals surface area (Å²) >= 11 is 7.45. The lowest BCUT2D eigenvalue weighted by Gasteiger charge is -2.27. The Hall–Kier alpha value is -1.01. The lowest BCUT2D eigenvalue weighted by Crippen LogP contribution is -2.34. The van der Waals surface area contributed by atoms with Crippen LogP contribution in [0.2, 0.25) is 5.02 Å². The van der Waals surface area contributed by atoms with E-state index in [2.05, 4.69) is 15.3 Å². The molecule has 1 aliphatic rings. The third-order valence-electron chi connectivity index (χ3n) is 3.32. The van der Waals surface area contributed by atoms with Gasteiger partial charge in [0.2, 0.25) is 11.9 Å². The fourth-order valence-electron chi connectivity index (χ4n) is 2.33. The number of carbonyl (C=O) groups is 1. The lowest BCUT2D eigenvalue weighted by molar-refractivity contribution is -0.122. The van der Waals surface area contributed by atoms with Gasteiger partial charge < -0.3 is 11.1 Å². The van der Waals surface area contributed by atoms with Crippen LogP contribution in [0.15, 0.2) is 11.2 Å². The van der Waals surface area contributed by atoms with Crippen molar-refractivity contribution in [2.45, 2.75) is 36.8 Å². The van der Waals surface area contributed by atoms with Crippen LogP contribution in [0.3, 0.4) is 0 Å². The fraction of sp³-hybridized carbons (Fsp3) is 0.583. The molecule has 5 nitrogen and oxygen atoms in total. The summed E-state index contributed by atoms with van der Waals surface area (Å²) in [5.41, 5.74) is 5.37. The maximum Gasteiger partial charge on any atom is 0.224 e. The quantitative estimate of drug-likeness (QED) is 0.659. The molecule has 1 aromatic rings. The molecule has 1 aromatic heterocycles. The number of thioether (sulfide) groups is 1. The highest BCUT2D eigenvalue weighted by Gasteiger charge is 2.26. The molecular weight excluding hydrogens is 284 g/mol. The van der Waals surface area contributed by atoms with Crippen molar-refractivity contribution in [1.82, 2.24) is 9.97 Å². The van der Waals surface area contributed by atoms with Gasteiger partial charge in [0, 0.05) is 12.0 Å². The molecule has 1 amide bonds. The molecule has 0 aromatic carbocycles. The summed E-state index contributed by atoms with van der Waals surface area (Å²) in [7, 11) is 0. The third kappa shape index (κ3) is 3.73. The van der Waals surface area contributed by atoms with E-state index in [1.807, 2.05) is 6.26 Å². The summed E-state index contributed by atoms with van der Waals surface area (Å²) in [6.07, 6.45) is 7.14. The van der Waals surface area contributed by atoms with E-state index in [1.165, 1.54) is 11.8 Å². The van der Waals surface area contributed by atoms with Crippen LogP contribution in [-0.4, -0.2) is 28.2 Å². The van der Waals surface area contributed by atoms with Crippen molar-refractivity contribution in [3.8, 4) is 0 Å². The Morgan fingerprint density at radius 2 is 2.37 bits per heavy atom. The number of nitrogens with zero attached hydrogens (tertiary/aromatic N) is 2. The minimum atomic E-state index is -0.215. The first-order chi connectivity index (χ1) is 9.10. The van der Waals surface area contributed by atoms with Crippen LogP contribution in [0.5, 0.6) is 0 Å². The first-order valence-corrected chi connectivity index (χ1v) is 7.82. The standard InChI is InChI=1S/C12H17ClN4OS/c1-19-11-9(13)6-15-12(17-11)16-8-4-2-3-7(5-8)10(14)18/h6-8H,2-5H2,1H3,(H2,14,18)(H,15,16,17)/t7-,8+/m0/s1. The topological polar surface area (TPSA) is 80.9 Å². The van der Waals surface area contributed by atoms with Gasteiger partial charge in [-0.25, -0.2) is 9.97 Å². The normalized spacial score (nSPS) is 23.1. The number of halogens is 1. The molecule has 19 heavy (non-hydrogen) atoms. The summed E-state index contributed by atoms with van der Waals surface area (Å²) < 4.78 is 0. The number of nitrogens with one attached hydrogen (secondary N) is 1. The molecule has 0 aliphatic heterocycles. The average Bonchev–Trinajstić information content (AvgIpc) is 2.41. The van der Waals surface area contributed by atoms with E-state index < -0.39 is 0 Å². The minimum Gasteiger partial charge on any atom is -0.369 e. The Balaban J connectivity index is 2.02. The molecule has 3 N–H and O–H groups in total. The number of hydrogen-bond acceptors (Lipinski definition) is 5. The van der Waals surface area contributed by atoms with E-state index in [4.69, 9.17) is 17.3 Å². The van der Waals surface area contributed by atoms with Crippen LogP contribution in [0.4, 0.5) is 5.95 Å². The molecule has 0 radical (unpaired) electrons. The zero-order valence-electron chi connectivity index (χ0n) is 10.7. The summed E-state index contributed by atoms with van der Waals surface area (Å²) in [6, 6.07) is 0.196. The van der Waals surface area contributed by atoms with Crippen molar-refractivity contribution < 1.29 is 4.79 Å². The van der Waals surface area contributed by atoms with Crippen LogP contribution in [0.25, 0.3) is 0 Å². The van der Waals surface area contributed by atoms with E-state index in [9.17, 15) is 4.79 Å². The maximum atomic E-state index is 11.2. The SMILES string of the molecule is CSc1nc(N[C@@H]2CCC[C@H](C(N)=O)C2)ncc1Cl. The van der Waals surface area contributed by atoms with Gasteiger partial charge >= 0.3 is 0 Å². The zero-order valence-corrected chi connectivity index (χ0v) is 12.3. The number of rotatable bonds is 4. The van der Waals surface area contributed by atoms with Crippen molar-refractivity contribution in [3.05, 3.63) is 11.2 Å². The van der Waals surface area contributed by atoms with Gasteiger partial charge in [-0.1, -0.05) is 18.0 Å². The summed E-state index contributed by atoms with van der Waals surface area (Å²) in [5, 5.41) is 4.57. The number of aromatic nitrogens is 2. The Bertz CT molecular complexity index is 471. The second kappa shape index (κ2) is 6.43. The molecule has 0 saturated heterocycles. The number of carbonyl (C=O) groups excluding carboxylic acids is 1. The first kappa shape index (κ1) is 14.4. The molecule has 0 unspecified atom stereocenters. The van der Waals surface area contributed by atoms with Crippen molar-refractivity contribution in [1.29, 1.82) is 0 Å². The van der Waals surface area contributed by atoms with Crippen LogP contribution in [-0.2, 0) is 4.79 Å². The highest BCUT2D eigenvalue weighted by atomic mass is 35.5. The Morgan fingerprint density at radius 1 is 1.58 bits per heavy atom. The largest absolute Gasteiger partial charge is 0.369 e. The molecular formula is C12H17ClN4OS. The summed E-state index contributed by atoms with van der Waals surface area (Å²) in [6.45, 7) is 0. The van der Waals surface area contributed by atoms with Crippen LogP contribution < -0.4 is 11.1 Å². The number of hydrogen-bond donors (Lipinski definition) is 2. The number of anilines is 1. The molecule has 2 atom stereocenters. The van der Waals surface area contributed by atoms with E-state index in [0.29, 0.717) is 11.0 Å².